The van der Waals surface area contributed by atoms with Crippen LogP contribution in [-0.2, 0) is 9.59 Å². The molecule has 0 unspecified atom stereocenters. The van der Waals surface area contributed by atoms with E-state index in [0.717, 1.165) is 0 Å². The van der Waals surface area contributed by atoms with Crippen LogP contribution in [0.15, 0.2) is 0 Å². The molecule has 0 aromatic rings. The van der Waals surface area contributed by atoms with Gasteiger partial charge in [-0.05, 0) is 0 Å². The van der Waals surface area contributed by atoms with E-state index in [-0.39, 0.29) is 51.6 Å². The van der Waals surface area contributed by atoms with Gasteiger partial charge in [0.1, 0.15) is 0 Å². The normalized spacial score (nSPS) is 2.00. The third kappa shape index (κ3) is 13.4. The van der Waals surface area contributed by atoms with Crippen molar-refractivity contribution in [3.8, 4) is 0 Å². The third-order valence-electron chi connectivity index (χ3n) is 0. The molecular formula is CO2Sr. The molecular weight excluding hydrogens is 132 g/mol. The van der Waals surface area contributed by atoms with Crippen molar-refractivity contribution in [1.82, 2.24) is 0 Å². The van der Waals surface area contributed by atoms with Gasteiger partial charge in [-0.1, -0.05) is 0 Å². The minimum atomic E-state index is 0. The Morgan fingerprint density at radius 3 is 1.25 bits per heavy atom. The number of hydrogen-bond acceptors (Lipinski definition) is 2. The molecule has 0 fully saturated rings. The summed E-state index contributed by atoms with van der Waals surface area (Å²) in [5, 5.41) is 0. The summed E-state index contributed by atoms with van der Waals surface area (Å²) in [5.41, 5.74) is 0. The Balaban J connectivity index is 0. The monoisotopic (exact) mass is 132 g/mol. The SMILES string of the molecule is O=C=O.[Sr]. The molecule has 0 heterocycles. The Bertz CT molecular complexity index is 27.0. The number of rotatable bonds is 0. The van der Waals surface area contributed by atoms with Crippen LogP contribution in [0.2, 0.25) is 0 Å². The van der Waals surface area contributed by atoms with E-state index in [1.807, 2.05) is 0 Å². The van der Waals surface area contributed by atoms with Gasteiger partial charge in [-0.2, -0.15) is 9.59 Å². The zero-order chi connectivity index (χ0) is 2.71. The largest absolute Gasteiger partial charge is 0.373 e. The van der Waals surface area contributed by atoms with E-state index in [9.17, 15) is 0 Å². The van der Waals surface area contributed by atoms with E-state index in [1.165, 1.54) is 0 Å². The first-order valence-corrected chi connectivity index (χ1v) is 0.408. The predicted octanol–water partition coefficient (Wildman–Crippen LogP) is -0.964. The van der Waals surface area contributed by atoms with Gasteiger partial charge in [0.15, 0.2) is 0 Å². The Morgan fingerprint density at radius 1 is 1.25 bits per heavy atom. The fourth-order valence-electron chi connectivity index (χ4n) is 0. The molecule has 2 nitrogen and oxygen atoms in total. The summed E-state index contributed by atoms with van der Waals surface area (Å²) >= 11 is 0. The van der Waals surface area contributed by atoms with Crippen LogP contribution < -0.4 is 0 Å². The average molecular weight is 132 g/mol. The van der Waals surface area contributed by atoms with E-state index < -0.39 is 0 Å². The molecule has 0 bridgehead atoms. The van der Waals surface area contributed by atoms with Crippen LogP contribution in [0.1, 0.15) is 0 Å². The first-order valence-electron chi connectivity index (χ1n) is 0.408. The maximum absolute atomic E-state index is 8.12. The molecule has 4 heavy (non-hydrogen) atoms. The van der Waals surface area contributed by atoms with E-state index in [4.69, 9.17) is 9.59 Å². The van der Waals surface area contributed by atoms with Crippen LogP contribution in [0.25, 0.3) is 0 Å². The summed E-state index contributed by atoms with van der Waals surface area (Å²) in [4.78, 5) is 16.2. The summed E-state index contributed by atoms with van der Waals surface area (Å²) in [7, 11) is 0. The molecule has 0 spiro atoms. The van der Waals surface area contributed by atoms with Gasteiger partial charge in [0.05, 0.1) is 0 Å². The molecule has 18 valence electrons. The second kappa shape index (κ2) is 9.13. The van der Waals surface area contributed by atoms with Gasteiger partial charge >= 0.3 is 6.15 Å². The molecule has 3 heteroatoms. The van der Waals surface area contributed by atoms with Crippen molar-refractivity contribution in [3.63, 3.8) is 0 Å². The quantitative estimate of drug-likeness (QED) is 0.397. The van der Waals surface area contributed by atoms with Gasteiger partial charge in [-0.25, -0.2) is 0 Å². The fourth-order valence-corrected chi connectivity index (χ4v) is 0. The first-order chi connectivity index (χ1) is 1.41. The fraction of sp³-hybridized carbons (Fsp3) is 0. The van der Waals surface area contributed by atoms with Crippen molar-refractivity contribution in [1.29, 1.82) is 0 Å². The minimum Gasteiger partial charge on any atom is -0.186 e. The smallest absolute Gasteiger partial charge is 0.186 e. The molecule has 0 aromatic heterocycles. The molecule has 0 aliphatic rings. The molecule has 0 N–H and O–H groups in total. The van der Waals surface area contributed by atoms with Crippen LogP contribution in [0, 0.1) is 0 Å². The maximum Gasteiger partial charge on any atom is 0.373 e. The van der Waals surface area contributed by atoms with Gasteiger partial charge in [-0.3, -0.25) is 0 Å². The van der Waals surface area contributed by atoms with Crippen LogP contribution in [0.4, 0.5) is 0 Å². The minimum absolute atomic E-state index is 0. The van der Waals surface area contributed by atoms with Crippen molar-refractivity contribution in [2.75, 3.05) is 0 Å². The van der Waals surface area contributed by atoms with Crippen LogP contribution in [0.3, 0.4) is 0 Å². The number of carbonyl (C=O) groups excluding carboxylic acids is 2. The van der Waals surface area contributed by atoms with Crippen molar-refractivity contribution in [2.24, 2.45) is 0 Å². The van der Waals surface area contributed by atoms with E-state index in [2.05, 4.69) is 0 Å². The maximum atomic E-state index is 8.12. The van der Waals surface area contributed by atoms with Gasteiger partial charge in [-0.15, -0.1) is 0 Å². The summed E-state index contributed by atoms with van der Waals surface area (Å²) < 4.78 is 0. The summed E-state index contributed by atoms with van der Waals surface area (Å²) in [6, 6.07) is 0. The topological polar surface area (TPSA) is 34.1 Å². The van der Waals surface area contributed by atoms with E-state index in [1.54, 1.807) is 0 Å². The Morgan fingerprint density at radius 2 is 1.25 bits per heavy atom. The van der Waals surface area contributed by atoms with Gasteiger partial charge in [0, 0.05) is 45.5 Å². The molecule has 0 saturated heterocycles. The van der Waals surface area contributed by atoms with Crippen molar-refractivity contribution in [2.45, 2.75) is 0 Å². The third-order valence-corrected chi connectivity index (χ3v) is 0. The molecule has 0 aromatic carbocycles. The van der Waals surface area contributed by atoms with Crippen molar-refractivity contribution >= 4 is 51.6 Å². The molecule has 0 saturated carbocycles. The molecule has 0 atom stereocenters. The molecule has 0 rings (SSSR count). The predicted molar refractivity (Wildman–Crippen MR) is 10.8 cm³/mol. The number of hydrogen-bond donors (Lipinski definition) is 0. The second-order valence-corrected chi connectivity index (χ2v) is 0.0833. The van der Waals surface area contributed by atoms with E-state index in [0.29, 0.717) is 0 Å². The zero-order valence-corrected chi connectivity index (χ0v) is 5.50. The molecule has 0 aliphatic heterocycles. The van der Waals surface area contributed by atoms with Crippen molar-refractivity contribution < 1.29 is 9.59 Å². The summed E-state index contributed by atoms with van der Waals surface area (Å²) in [6.45, 7) is 0. The summed E-state index contributed by atoms with van der Waals surface area (Å²) in [5.74, 6) is 0. The van der Waals surface area contributed by atoms with Crippen molar-refractivity contribution in [3.05, 3.63) is 0 Å². The van der Waals surface area contributed by atoms with Crippen LogP contribution >= 0.6 is 0 Å². The Kier molecular flexibility index (Phi) is 20.2. The van der Waals surface area contributed by atoms with Gasteiger partial charge < -0.3 is 0 Å². The van der Waals surface area contributed by atoms with Crippen LogP contribution in [-0.4, -0.2) is 51.6 Å². The molecule has 2 radical (unpaired) electrons. The van der Waals surface area contributed by atoms with E-state index >= 15 is 0 Å². The molecule has 0 aliphatic carbocycles. The Labute approximate surface area is 60.5 Å². The zero-order valence-electron chi connectivity index (χ0n) is 2.02. The first kappa shape index (κ1) is 8.85. The average Bonchev–Trinajstić information content (AvgIpc) is 0.918. The Hall–Kier alpha value is 0.861. The molecule has 0 amide bonds. The standard InChI is InChI=1S/CO2.Sr/c2-1-3;. The second-order valence-electron chi connectivity index (χ2n) is 0.0833. The van der Waals surface area contributed by atoms with Gasteiger partial charge in [0.25, 0.3) is 0 Å². The van der Waals surface area contributed by atoms with Gasteiger partial charge in [0.2, 0.25) is 0 Å². The van der Waals surface area contributed by atoms with Crippen LogP contribution in [0.5, 0.6) is 0 Å². The summed E-state index contributed by atoms with van der Waals surface area (Å²) in [6.07, 6.45) is 0.250.